The highest BCUT2D eigenvalue weighted by Gasteiger charge is 2.24. The van der Waals surface area contributed by atoms with Gasteiger partial charge >= 0.3 is 0 Å². The number of piperidine rings is 1. The van der Waals surface area contributed by atoms with Crippen molar-refractivity contribution in [3.8, 4) is 11.1 Å². The molecule has 0 saturated carbocycles. The molecule has 1 N–H and O–H groups in total. The highest BCUT2D eigenvalue weighted by Crippen LogP contribution is 2.26. The van der Waals surface area contributed by atoms with Crippen LogP contribution >= 0.6 is 0 Å². The molecular formula is C24H28N8O. The van der Waals surface area contributed by atoms with Crippen LogP contribution in [0.2, 0.25) is 0 Å². The van der Waals surface area contributed by atoms with Crippen molar-refractivity contribution in [3.05, 3.63) is 54.7 Å². The molecule has 5 rings (SSSR count). The van der Waals surface area contributed by atoms with Gasteiger partial charge in [0.25, 0.3) is 5.91 Å². The van der Waals surface area contributed by atoms with Crippen LogP contribution in [0.15, 0.2) is 49.1 Å². The zero-order valence-corrected chi connectivity index (χ0v) is 19.1. The van der Waals surface area contributed by atoms with Crippen LogP contribution in [0.3, 0.4) is 0 Å². The number of amides is 1. The Morgan fingerprint density at radius 3 is 2.61 bits per heavy atom. The quantitative estimate of drug-likeness (QED) is 0.506. The zero-order valence-electron chi connectivity index (χ0n) is 19.1. The van der Waals surface area contributed by atoms with Crippen molar-refractivity contribution >= 4 is 22.5 Å². The van der Waals surface area contributed by atoms with E-state index >= 15 is 0 Å². The van der Waals surface area contributed by atoms with Crippen molar-refractivity contribution in [3.63, 3.8) is 0 Å². The summed E-state index contributed by atoms with van der Waals surface area (Å²) in [4.78, 5) is 19.6. The molecule has 9 nitrogen and oxygen atoms in total. The number of carbonyl (C=O) groups excluding carboxylic acids is 1. The van der Waals surface area contributed by atoms with Crippen LogP contribution in [0, 0.1) is 0 Å². The topological polar surface area (TPSA) is 93.8 Å². The first kappa shape index (κ1) is 21.3. The van der Waals surface area contributed by atoms with E-state index in [2.05, 4.69) is 50.5 Å². The number of likely N-dealkylation sites (tertiary alicyclic amines) is 1. The summed E-state index contributed by atoms with van der Waals surface area (Å²) in [7, 11) is 1.90. The number of anilines is 1. The summed E-state index contributed by atoms with van der Waals surface area (Å²) in [6.07, 6.45) is 9.33. The van der Waals surface area contributed by atoms with Crippen molar-refractivity contribution in [1.29, 1.82) is 0 Å². The Bertz CT molecular complexity index is 1280. The Balaban J connectivity index is 1.29. The lowest BCUT2D eigenvalue weighted by Gasteiger charge is -2.34. The van der Waals surface area contributed by atoms with E-state index in [1.54, 1.807) is 17.1 Å². The molecule has 0 bridgehead atoms. The van der Waals surface area contributed by atoms with Crippen LogP contribution < -0.4 is 5.32 Å². The van der Waals surface area contributed by atoms with Gasteiger partial charge in [-0.3, -0.25) is 9.48 Å². The predicted octanol–water partition coefficient (Wildman–Crippen LogP) is 3.52. The maximum absolute atomic E-state index is 12.8. The van der Waals surface area contributed by atoms with Crippen molar-refractivity contribution in [2.45, 2.75) is 38.8 Å². The number of benzene rings is 1. The third-order valence-corrected chi connectivity index (χ3v) is 6.35. The molecule has 0 aliphatic carbocycles. The number of aryl methyl sites for hydroxylation is 1. The highest BCUT2D eigenvalue weighted by atomic mass is 16.2. The van der Waals surface area contributed by atoms with E-state index in [-0.39, 0.29) is 11.9 Å². The van der Waals surface area contributed by atoms with E-state index in [9.17, 15) is 4.79 Å². The molecule has 1 aliphatic heterocycles. The zero-order chi connectivity index (χ0) is 22.9. The first-order chi connectivity index (χ1) is 16.0. The molecule has 1 fully saturated rings. The second kappa shape index (κ2) is 8.74. The number of pyridine rings is 1. The highest BCUT2D eigenvalue weighted by molar-refractivity contribution is 6.03. The molecule has 0 atom stereocenters. The monoisotopic (exact) mass is 444 g/mol. The van der Waals surface area contributed by atoms with Crippen molar-refractivity contribution in [2.75, 3.05) is 18.4 Å². The molecular weight excluding hydrogens is 416 g/mol. The van der Waals surface area contributed by atoms with E-state index in [0.29, 0.717) is 17.6 Å². The van der Waals surface area contributed by atoms with E-state index < -0.39 is 0 Å². The summed E-state index contributed by atoms with van der Waals surface area (Å²) in [6.45, 7) is 6.51. The SMILES string of the molecule is CC(C)N1CCC(n2cc(C(=O)Nc3cc4cc(-c5cnn(C)c5)ccc4cn3)nn2)CC1. The van der Waals surface area contributed by atoms with Crippen LogP contribution in [0.5, 0.6) is 0 Å². The van der Waals surface area contributed by atoms with Gasteiger partial charge in [0.2, 0.25) is 0 Å². The van der Waals surface area contributed by atoms with Gasteiger partial charge in [-0.25, -0.2) is 9.67 Å². The minimum atomic E-state index is -0.309. The molecule has 4 heterocycles. The van der Waals surface area contributed by atoms with Gasteiger partial charge in [-0.05, 0) is 49.8 Å². The van der Waals surface area contributed by atoms with Crippen LogP contribution in [-0.2, 0) is 7.05 Å². The predicted molar refractivity (Wildman–Crippen MR) is 127 cm³/mol. The fourth-order valence-electron chi connectivity index (χ4n) is 4.37. The van der Waals surface area contributed by atoms with E-state index in [0.717, 1.165) is 47.8 Å². The summed E-state index contributed by atoms with van der Waals surface area (Å²) in [5.74, 6) is 0.173. The van der Waals surface area contributed by atoms with Gasteiger partial charge in [0.1, 0.15) is 5.82 Å². The fraction of sp³-hybridized carbons (Fsp3) is 0.375. The second-order valence-corrected chi connectivity index (χ2v) is 8.93. The minimum absolute atomic E-state index is 0.277. The molecule has 0 spiro atoms. The number of aromatic nitrogens is 6. The Labute approximate surface area is 192 Å². The summed E-state index contributed by atoms with van der Waals surface area (Å²) < 4.78 is 3.61. The van der Waals surface area contributed by atoms with Gasteiger partial charge in [-0.1, -0.05) is 17.3 Å². The van der Waals surface area contributed by atoms with Crippen LogP contribution in [0.1, 0.15) is 43.2 Å². The van der Waals surface area contributed by atoms with E-state index in [1.807, 2.05) is 42.3 Å². The molecule has 1 aliphatic rings. The largest absolute Gasteiger partial charge is 0.305 e. The molecule has 1 saturated heterocycles. The molecule has 0 radical (unpaired) electrons. The first-order valence-electron chi connectivity index (χ1n) is 11.3. The maximum atomic E-state index is 12.8. The third-order valence-electron chi connectivity index (χ3n) is 6.35. The Kier molecular flexibility index (Phi) is 5.63. The molecule has 170 valence electrons. The molecule has 1 amide bonds. The Morgan fingerprint density at radius 2 is 1.88 bits per heavy atom. The van der Waals surface area contributed by atoms with Gasteiger partial charge in [0.15, 0.2) is 5.69 Å². The molecule has 33 heavy (non-hydrogen) atoms. The van der Waals surface area contributed by atoms with Crippen LogP contribution in [0.25, 0.3) is 21.9 Å². The maximum Gasteiger partial charge on any atom is 0.278 e. The molecule has 0 unspecified atom stereocenters. The molecule has 3 aromatic heterocycles. The normalized spacial score (nSPS) is 15.4. The Hall–Kier alpha value is -3.59. The average Bonchev–Trinajstić information content (AvgIpc) is 3.48. The van der Waals surface area contributed by atoms with Gasteiger partial charge in [-0.15, -0.1) is 5.10 Å². The van der Waals surface area contributed by atoms with Crippen molar-refractivity contribution in [1.82, 2.24) is 34.7 Å². The lowest BCUT2D eigenvalue weighted by Crippen LogP contribution is -2.39. The van der Waals surface area contributed by atoms with E-state index in [1.165, 1.54) is 0 Å². The van der Waals surface area contributed by atoms with Crippen LogP contribution in [0.4, 0.5) is 5.82 Å². The summed E-state index contributed by atoms with van der Waals surface area (Å²) in [6, 6.07) is 8.84. The number of carbonyl (C=O) groups is 1. The number of nitrogens with one attached hydrogen (secondary N) is 1. The minimum Gasteiger partial charge on any atom is -0.305 e. The van der Waals surface area contributed by atoms with Gasteiger partial charge < -0.3 is 10.2 Å². The number of hydrogen-bond acceptors (Lipinski definition) is 6. The molecule has 4 aromatic rings. The molecule has 1 aromatic carbocycles. The third kappa shape index (κ3) is 4.49. The fourth-order valence-corrected chi connectivity index (χ4v) is 4.37. The smallest absolute Gasteiger partial charge is 0.278 e. The number of nitrogens with zero attached hydrogens (tertiary/aromatic N) is 7. The lowest BCUT2D eigenvalue weighted by atomic mass is 10.0. The van der Waals surface area contributed by atoms with Crippen molar-refractivity contribution < 1.29 is 4.79 Å². The van der Waals surface area contributed by atoms with Gasteiger partial charge in [0, 0.05) is 49.5 Å². The number of rotatable bonds is 5. The second-order valence-electron chi connectivity index (χ2n) is 8.93. The summed E-state index contributed by atoms with van der Waals surface area (Å²) >= 11 is 0. The van der Waals surface area contributed by atoms with Gasteiger partial charge in [0.05, 0.1) is 18.4 Å². The lowest BCUT2D eigenvalue weighted by molar-refractivity contribution is 0.102. The van der Waals surface area contributed by atoms with Crippen LogP contribution in [-0.4, -0.2) is 59.7 Å². The number of hydrogen-bond donors (Lipinski definition) is 1. The molecule has 9 heteroatoms. The Morgan fingerprint density at radius 1 is 1.06 bits per heavy atom. The standard InChI is InChI=1S/C24H28N8O/c1-16(2)31-8-6-21(7-9-31)32-15-22(28-29-32)24(33)27-23-11-19-10-17(4-5-18(19)12-25-23)20-13-26-30(3)14-20/h4-5,10-16,21H,6-9H2,1-3H3,(H,25,27,33). The average molecular weight is 445 g/mol. The van der Waals surface area contributed by atoms with Crippen molar-refractivity contribution in [2.24, 2.45) is 7.05 Å². The van der Waals surface area contributed by atoms with Gasteiger partial charge in [-0.2, -0.15) is 5.10 Å². The summed E-state index contributed by atoms with van der Waals surface area (Å²) in [5, 5.41) is 17.4. The summed E-state index contributed by atoms with van der Waals surface area (Å²) in [5.41, 5.74) is 2.40. The first-order valence-corrected chi connectivity index (χ1v) is 11.3. The van der Waals surface area contributed by atoms with E-state index in [4.69, 9.17) is 0 Å². The number of fused-ring (bicyclic) bond motifs is 1.